The van der Waals surface area contributed by atoms with Crippen LogP contribution in [0.2, 0.25) is 0 Å². The summed E-state index contributed by atoms with van der Waals surface area (Å²) in [7, 11) is 0. The van der Waals surface area contributed by atoms with Crippen molar-refractivity contribution in [1.82, 2.24) is 10.2 Å². The van der Waals surface area contributed by atoms with Crippen LogP contribution >= 0.6 is 0 Å². The van der Waals surface area contributed by atoms with Crippen LogP contribution in [0.5, 0.6) is 0 Å². The van der Waals surface area contributed by atoms with E-state index < -0.39 is 47.7 Å². The lowest BCUT2D eigenvalue weighted by atomic mass is 9.58. The molecule has 0 aromatic heterocycles. The van der Waals surface area contributed by atoms with Gasteiger partial charge in [0, 0.05) is 12.0 Å². The van der Waals surface area contributed by atoms with Crippen molar-refractivity contribution in [1.29, 1.82) is 0 Å². The highest BCUT2D eigenvalue weighted by Gasteiger charge is 2.60. The second-order valence-corrected chi connectivity index (χ2v) is 6.70. The van der Waals surface area contributed by atoms with Gasteiger partial charge in [0.15, 0.2) is 0 Å². The van der Waals surface area contributed by atoms with Crippen molar-refractivity contribution in [3.05, 3.63) is 35.4 Å². The van der Waals surface area contributed by atoms with Gasteiger partial charge in [-0.1, -0.05) is 18.6 Å². The molecule has 2 fully saturated rings. The largest absolute Gasteiger partial charge is 0.480 e. The fourth-order valence-electron chi connectivity index (χ4n) is 3.71. The second kappa shape index (κ2) is 6.30. The van der Waals surface area contributed by atoms with E-state index in [1.165, 1.54) is 12.1 Å². The summed E-state index contributed by atoms with van der Waals surface area (Å²) >= 11 is 0. The molecule has 1 aromatic rings. The summed E-state index contributed by atoms with van der Waals surface area (Å²) in [5, 5.41) is 11.5. The number of carbonyl (C=O) groups excluding carboxylic acids is 2. The Balaban J connectivity index is 1.64. The Morgan fingerprint density at radius 1 is 1.23 bits per heavy atom. The van der Waals surface area contributed by atoms with Crippen molar-refractivity contribution in [2.24, 2.45) is 5.41 Å². The van der Waals surface area contributed by atoms with E-state index >= 15 is 0 Å². The van der Waals surface area contributed by atoms with Gasteiger partial charge in [0.25, 0.3) is 5.91 Å². The molecule has 1 saturated heterocycles. The van der Waals surface area contributed by atoms with Gasteiger partial charge in [0.2, 0.25) is 5.91 Å². The van der Waals surface area contributed by atoms with Gasteiger partial charge >= 0.3 is 12.1 Å². The molecule has 1 spiro atoms. The zero-order chi connectivity index (χ0) is 19.1. The summed E-state index contributed by atoms with van der Waals surface area (Å²) in [6, 6.07) is 3.34. The molecule has 3 rings (SSSR count). The molecular weight excluding hydrogens is 353 g/mol. The Morgan fingerprint density at radius 3 is 2.42 bits per heavy atom. The van der Waals surface area contributed by atoms with E-state index in [9.17, 15) is 32.7 Å². The molecule has 1 saturated carbocycles. The maximum Gasteiger partial charge on any atom is 0.417 e. The zero-order valence-electron chi connectivity index (χ0n) is 13.7. The zero-order valence-corrected chi connectivity index (χ0v) is 13.7. The monoisotopic (exact) mass is 370 g/mol. The van der Waals surface area contributed by atoms with Crippen LogP contribution in [0.25, 0.3) is 0 Å². The van der Waals surface area contributed by atoms with Crippen LogP contribution in [0.4, 0.5) is 13.2 Å². The molecule has 26 heavy (non-hydrogen) atoms. The van der Waals surface area contributed by atoms with Crippen LogP contribution in [0.1, 0.15) is 35.2 Å². The molecule has 0 radical (unpaired) electrons. The highest BCUT2D eigenvalue weighted by molar-refractivity contribution is 5.98. The highest BCUT2D eigenvalue weighted by Crippen LogP contribution is 2.53. The minimum absolute atomic E-state index is 0.303. The number of hydrogen-bond acceptors (Lipinski definition) is 3. The van der Waals surface area contributed by atoms with Crippen molar-refractivity contribution >= 4 is 17.8 Å². The normalized spacial score (nSPS) is 20.9. The minimum Gasteiger partial charge on any atom is -0.480 e. The summed E-state index contributed by atoms with van der Waals surface area (Å²) < 4.78 is 38.8. The van der Waals surface area contributed by atoms with E-state index in [2.05, 4.69) is 5.32 Å². The number of aliphatic carboxylic acids is 1. The van der Waals surface area contributed by atoms with E-state index in [0.717, 1.165) is 36.3 Å². The fourth-order valence-corrected chi connectivity index (χ4v) is 3.71. The molecule has 6 nitrogen and oxygen atoms in total. The Morgan fingerprint density at radius 2 is 1.88 bits per heavy atom. The summed E-state index contributed by atoms with van der Waals surface area (Å²) in [6.07, 6.45) is -2.31. The first-order valence-electron chi connectivity index (χ1n) is 8.12. The van der Waals surface area contributed by atoms with Gasteiger partial charge in [-0.15, -0.1) is 0 Å². The van der Waals surface area contributed by atoms with Gasteiger partial charge in [-0.05, 0) is 25.0 Å². The van der Waals surface area contributed by atoms with Crippen LogP contribution in [0.3, 0.4) is 0 Å². The quantitative estimate of drug-likeness (QED) is 0.848. The first kappa shape index (κ1) is 18.2. The number of halogens is 3. The van der Waals surface area contributed by atoms with Gasteiger partial charge < -0.3 is 15.3 Å². The number of alkyl halides is 3. The van der Waals surface area contributed by atoms with Crippen molar-refractivity contribution in [3.8, 4) is 0 Å². The molecule has 9 heteroatoms. The number of benzene rings is 1. The maximum absolute atomic E-state index is 12.9. The molecule has 1 aromatic carbocycles. The van der Waals surface area contributed by atoms with Crippen LogP contribution in [0, 0.1) is 5.41 Å². The molecular formula is C17H17F3N2O4. The Hall–Kier alpha value is -2.58. The Kier molecular flexibility index (Phi) is 4.41. The van der Waals surface area contributed by atoms with E-state index in [1.54, 1.807) is 0 Å². The molecule has 2 N–H and O–H groups in total. The molecule has 1 unspecified atom stereocenters. The smallest absolute Gasteiger partial charge is 0.417 e. The number of rotatable bonds is 4. The fraction of sp³-hybridized carbons (Fsp3) is 0.471. The van der Waals surface area contributed by atoms with Crippen molar-refractivity contribution in [2.75, 3.05) is 13.1 Å². The lowest BCUT2D eigenvalue weighted by molar-refractivity contribution is -0.185. The number of carboxylic acid groups (broad SMARTS) is 1. The SMILES string of the molecule is O=C(NCC(=O)N1CC2(CCC2)C1C(=O)O)c1ccccc1C(F)(F)F. The standard InChI is InChI=1S/C17H17F3N2O4/c18-17(19,20)11-5-2-1-4-10(11)14(24)21-8-12(23)22-9-16(6-3-7-16)13(22)15(25)26/h1-2,4-5,13H,3,6-9H2,(H,21,24)(H,25,26). The number of hydrogen-bond donors (Lipinski definition) is 2. The molecule has 140 valence electrons. The third-order valence-electron chi connectivity index (χ3n) is 5.16. The minimum atomic E-state index is -4.69. The van der Waals surface area contributed by atoms with E-state index in [4.69, 9.17) is 0 Å². The lowest BCUT2D eigenvalue weighted by Gasteiger charge is -2.60. The van der Waals surface area contributed by atoms with E-state index in [0.29, 0.717) is 6.54 Å². The lowest BCUT2D eigenvalue weighted by Crippen LogP contribution is -2.72. The molecule has 1 atom stereocenters. The molecule has 1 aliphatic carbocycles. The number of nitrogens with zero attached hydrogens (tertiary/aromatic N) is 1. The first-order valence-corrected chi connectivity index (χ1v) is 8.12. The van der Waals surface area contributed by atoms with Crippen LogP contribution < -0.4 is 5.32 Å². The average Bonchev–Trinajstić information content (AvgIpc) is 2.49. The van der Waals surface area contributed by atoms with Gasteiger partial charge in [-0.2, -0.15) is 13.2 Å². The van der Waals surface area contributed by atoms with Crippen LogP contribution in [-0.4, -0.2) is 46.9 Å². The summed E-state index contributed by atoms with van der Waals surface area (Å²) in [5.41, 5.74) is -2.05. The highest BCUT2D eigenvalue weighted by atomic mass is 19.4. The van der Waals surface area contributed by atoms with Crippen molar-refractivity contribution in [2.45, 2.75) is 31.5 Å². The van der Waals surface area contributed by atoms with Gasteiger partial charge in [-0.3, -0.25) is 9.59 Å². The third kappa shape index (κ3) is 3.02. The van der Waals surface area contributed by atoms with E-state index in [1.807, 2.05) is 0 Å². The Bertz CT molecular complexity index is 759. The van der Waals surface area contributed by atoms with Crippen LogP contribution in [-0.2, 0) is 15.8 Å². The topological polar surface area (TPSA) is 86.7 Å². The summed E-state index contributed by atoms with van der Waals surface area (Å²) in [4.78, 5) is 36.8. The molecule has 1 heterocycles. The van der Waals surface area contributed by atoms with Crippen molar-refractivity contribution in [3.63, 3.8) is 0 Å². The molecule has 2 amide bonds. The predicted octanol–water partition coefficient (Wildman–Crippen LogP) is 1.90. The number of carbonyl (C=O) groups is 3. The second-order valence-electron chi connectivity index (χ2n) is 6.70. The molecule has 1 aliphatic heterocycles. The maximum atomic E-state index is 12.9. The molecule has 2 aliphatic rings. The van der Waals surface area contributed by atoms with E-state index in [-0.39, 0.29) is 5.41 Å². The summed E-state index contributed by atoms with van der Waals surface area (Å²) in [5.74, 6) is -2.75. The Labute approximate surface area is 147 Å². The predicted molar refractivity (Wildman–Crippen MR) is 83.2 cm³/mol. The number of amides is 2. The number of likely N-dealkylation sites (tertiary alicyclic amines) is 1. The number of carboxylic acids is 1. The van der Waals surface area contributed by atoms with Gasteiger partial charge in [0.05, 0.1) is 17.7 Å². The average molecular weight is 370 g/mol. The third-order valence-corrected chi connectivity index (χ3v) is 5.16. The van der Waals surface area contributed by atoms with Gasteiger partial charge in [0.1, 0.15) is 6.04 Å². The first-order chi connectivity index (χ1) is 12.2. The van der Waals surface area contributed by atoms with Crippen LogP contribution in [0.15, 0.2) is 24.3 Å². The van der Waals surface area contributed by atoms with Gasteiger partial charge in [-0.25, -0.2) is 4.79 Å². The number of nitrogens with one attached hydrogen (secondary N) is 1. The van der Waals surface area contributed by atoms with Crippen molar-refractivity contribution < 1.29 is 32.7 Å². The molecule has 0 bridgehead atoms. The summed E-state index contributed by atoms with van der Waals surface area (Å²) in [6.45, 7) is -0.247.